The molecule has 0 radical (unpaired) electrons. The van der Waals surface area contributed by atoms with Crippen LogP contribution in [0.3, 0.4) is 0 Å². The third-order valence-corrected chi connectivity index (χ3v) is 6.02. The number of rotatable bonds is 4. The van der Waals surface area contributed by atoms with Gasteiger partial charge in [-0.2, -0.15) is 0 Å². The summed E-state index contributed by atoms with van der Waals surface area (Å²) in [5, 5.41) is 3.08. The molecule has 1 aliphatic heterocycles. The fraction of sp³-hybridized carbons (Fsp3) is 0.619. The summed E-state index contributed by atoms with van der Waals surface area (Å²) in [6.45, 7) is 6.26. The van der Waals surface area contributed by atoms with Gasteiger partial charge in [0, 0.05) is 38.3 Å². The normalized spacial score (nSPS) is 20.0. The Morgan fingerprint density at radius 2 is 1.77 bits per heavy atom. The molecule has 142 valence electrons. The van der Waals surface area contributed by atoms with E-state index in [0.29, 0.717) is 6.04 Å². The molecule has 1 aliphatic carbocycles. The first kappa shape index (κ1) is 18.7. The first-order chi connectivity index (χ1) is 12.5. The van der Waals surface area contributed by atoms with Gasteiger partial charge in [-0.3, -0.25) is 4.79 Å². The zero-order valence-electron chi connectivity index (χ0n) is 16.0. The highest BCUT2D eigenvalue weighted by Crippen LogP contribution is 2.35. The molecule has 5 nitrogen and oxygen atoms in total. The van der Waals surface area contributed by atoms with Crippen LogP contribution in [0.4, 0.5) is 10.5 Å². The number of hydrogen-bond donors (Lipinski definition) is 1. The van der Waals surface area contributed by atoms with E-state index in [0.717, 1.165) is 51.0 Å². The van der Waals surface area contributed by atoms with Crippen LogP contribution in [0, 0.1) is 5.41 Å². The molecule has 1 saturated heterocycles. The largest absolute Gasteiger partial charge is 0.343 e. The van der Waals surface area contributed by atoms with Gasteiger partial charge in [-0.15, -0.1) is 0 Å². The van der Waals surface area contributed by atoms with Crippen LogP contribution in [-0.2, 0) is 4.79 Å². The van der Waals surface area contributed by atoms with Crippen molar-refractivity contribution in [3.05, 3.63) is 30.3 Å². The third-order valence-electron chi connectivity index (χ3n) is 6.02. The maximum atomic E-state index is 13.0. The zero-order valence-corrected chi connectivity index (χ0v) is 16.0. The molecular weight excluding hydrogens is 326 g/mol. The molecule has 1 saturated carbocycles. The van der Waals surface area contributed by atoms with Crippen molar-refractivity contribution in [1.82, 2.24) is 9.80 Å². The summed E-state index contributed by atoms with van der Waals surface area (Å²) in [6, 6.07) is 10.0. The Morgan fingerprint density at radius 3 is 2.35 bits per heavy atom. The third kappa shape index (κ3) is 4.57. The van der Waals surface area contributed by atoms with E-state index in [2.05, 4.69) is 17.1 Å². The van der Waals surface area contributed by atoms with E-state index in [4.69, 9.17) is 0 Å². The van der Waals surface area contributed by atoms with Crippen molar-refractivity contribution in [2.24, 2.45) is 5.41 Å². The number of likely N-dealkylation sites (tertiary alicyclic amines) is 1. The Bertz CT molecular complexity index is 617. The molecule has 2 aliphatic rings. The molecule has 0 unspecified atom stereocenters. The molecule has 5 heteroatoms. The Hall–Kier alpha value is -2.04. The molecule has 1 aromatic carbocycles. The lowest BCUT2D eigenvalue weighted by atomic mass is 9.79. The number of hydrogen-bond acceptors (Lipinski definition) is 2. The van der Waals surface area contributed by atoms with Crippen molar-refractivity contribution in [3.8, 4) is 0 Å². The first-order valence-electron chi connectivity index (χ1n) is 9.85. The molecule has 0 spiro atoms. The smallest absolute Gasteiger partial charge is 0.322 e. The van der Waals surface area contributed by atoms with Crippen LogP contribution in [0.25, 0.3) is 0 Å². The SMILES string of the molecule is CC(=O)N1CCC(C)(CN(C(=O)Nc2ccccc2)C2CCCC2)CC1. The molecule has 1 heterocycles. The standard InChI is InChI=1S/C21H31N3O2/c1-17(25)23-14-12-21(2,13-15-23)16-24(19-10-6-7-11-19)20(26)22-18-8-4-3-5-9-18/h3-5,8-9,19H,6-7,10-16H2,1-2H3,(H,22,26). The van der Waals surface area contributed by atoms with E-state index in [1.54, 1.807) is 6.92 Å². The summed E-state index contributed by atoms with van der Waals surface area (Å²) in [7, 11) is 0. The number of anilines is 1. The quantitative estimate of drug-likeness (QED) is 0.881. The van der Waals surface area contributed by atoms with Gasteiger partial charge >= 0.3 is 6.03 Å². The van der Waals surface area contributed by atoms with Crippen LogP contribution in [0.15, 0.2) is 30.3 Å². The van der Waals surface area contributed by atoms with E-state index >= 15 is 0 Å². The van der Waals surface area contributed by atoms with Gasteiger partial charge in [-0.25, -0.2) is 4.79 Å². The lowest BCUT2D eigenvalue weighted by Crippen LogP contribution is -2.51. The van der Waals surface area contributed by atoms with Crippen molar-refractivity contribution in [1.29, 1.82) is 0 Å². The van der Waals surface area contributed by atoms with Gasteiger partial charge < -0.3 is 15.1 Å². The van der Waals surface area contributed by atoms with Crippen LogP contribution < -0.4 is 5.32 Å². The molecule has 0 atom stereocenters. The summed E-state index contributed by atoms with van der Waals surface area (Å²) in [6.07, 6.45) is 6.50. The Balaban J connectivity index is 1.68. The fourth-order valence-electron chi connectivity index (χ4n) is 4.23. The monoisotopic (exact) mass is 357 g/mol. The summed E-state index contributed by atoms with van der Waals surface area (Å²) in [5.74, 6) is 0.154. The maximum Gasteiger partial charge on any atom is 0.322 e. The van der Waals surface area contributed by atoms with E-state index in [9.17, 15) is 9.59 Å². The van der Waals surface area contributed by atoms with Gasteiger partial charge in [-0.05, 0) is 43.2 Å². The van der Waals surface area contributed by atoms with Crippen LogP contribution in [0.2, 0.25) is 0 Å². The summed E-state index contributed by atoms with van der Waals surface area (Å²) < 4.78 is 0. The minimum Gasteiger partial charge on any atom is -0.343 e. The number of urea groups is 1. The second-order valence-electron chi connectivity index (χ2n) is 8.18. The first-order valence-corrected chi connectivity index (χ1v) is 9.85. The number of para-hydroxylation sites is 1. The summed E-state index contributed by atoms with van der Waals surface area (Å²) in [5.41, 5.74) is 0.916. The van der Waals surface area contributed by atoms with Gasteiger partial charge in [0.25, 0.3) is 0 Å². The number of benzene rings is 1. The Kier molecular flexibility index (Phi) is 5.84. The van der Waals surface area contributed by atoms with Crippen molar-refractivity contribution < 1.29 is 9.59 Å². The predicted octanol–water partition coefficient (Wildman–Crippen LogP) is 4.11. The molecule has 26 heavy (non-hydrogen) atoms. The average Bonchev–Trinajstić information content (AvgIpc) is 3.15. The Morgan fingerprint density at radius 1 is 1.15 bits per heavy atom. The van der Waals surface area contributed by atoms with Crippen molar-refractivity contribution in [3.63, 3.8) is 0 Å². The van der Waals surface area contributed by atoms with Crippen molar-refractivity contribution >= 4 is 17.6 Å². The van der Waals surface area contributed by atoms with Crippen LogP contribution in [0.1, 0.15) is 52.4 Å². The highest BCUT2D eigenvalue weighted by atomic mass is 16.2. The van der Waals surface area contributed by atoms with E-state index in [-0.39, 0.29) is 17.4 Å². The number of piperidine rings is 1. The highest BCUT2D eigenvalue weighted by Gasteiger charge is 2.37. The second-order valence-corrected chi connectivity index (χ2v) is 8.18. The Labute approximate surface area is 156 Å². The molecule has 0 bridgehead atoms. The van der Waals surface area contributed by atoms with Gasteiger partial charge in [0.05, 0.1) is 0 Å². The average molecular weight is 357 g/mol. The van der Waals surface area contributed by atoms with Gasteiger partial charge in [0.1, 0.15) is 0 Å². The number of nitrogens with one attached hydrogen (secondary N) is 1. The molecule has 0 aromatic heterocycles. The van der Waals surface area contributed by atoms with Crippen LogP contribution in [-0.4, -0.2) is 47.4 Å². The van der Waals surface area contributed by atoms with Gasteiger partial charge in [0.15, 0.2) is 0 Å². The molecular formula is C21H31N3O2. The van der Waals surface area contributed by atoms with Gasteiger partial charge in [-0.1, -0.05) is 38.0 Å². The topological polar surface area (TPSA) is 52.7 Å². The van der Waals surface area contributed by atoms with Crippen molar-refractivity contribution in [2.75, 3.05) is 25.0 Å². The minimum atomic E-state index is 0.0123. The van der Waals surface area contributed by atoms with E-state index in [1.165, 1.54) is 12.8 Å². The zero-order chi connectivity index (χ0) is 18.6. The number of amides is 3. The highest BCUT2D eigenvalue weighted by molar-refractivity contribution is 5.89. The fourth-order valence-corrected chi connectivity index (χ4v) is 4.23. The number of carbonyl (C=O) groups is 2. The van der Waals surface area contributed by atoms with Crippen molar-refractivity contribution in [2.45, 2.75) is 58.4 Å². The lowest BCUT2D eigenvalue weighted by molar-refractivity contribution is -0.131. The summed E-state index contributed by atoms with van der Waals surface area (Å²) >= 11 is 0. The van der Waals surface area contributed by atoms with E-state index in [1.807, 2.05) is 35.2 Å². The number of nitrogens with zero attached hydrogens (tertiary/aromatic N) is 2. The molecule has 3 rings (SSSR count). The van der Waals surface area contributed by atoms with Crippen LogP contribution >= 0.6 is 0 Å². The molecule has 1 N–H and O–H groups in total. The van der Waals surface area contributed by atoms with Crippen LogP contribution in [0.5, 0.6) is 0 Å². The second kappa shape index (κ2) is 8.11. The van der Waals surface area contributed by atoms with Gasteiger partial charge in [0.2, 0.25) is 5.91 Å². The summed E-state index contributed by atoms with van der Waals surface area (Å²) in [4.78, 5) is 28.6. The predicted molar refractivity (Wildman–Crippen MR) is 104 cm³/mol. The number of carbonyl (C=O) groups excluding carboxylic acids is 2. The lowest BCUT2D eigenvalue weighted by Gasteiger charge is -2.43. The minimum absolute atomic E-state index is 0.0123. The molecule has 1 aromatic rings. The maximum absolute atomic E-state index is 13.0. The van der Waals surface area contributed by atoms with E-state index < -0.39 is 0 Å². The molecule has 2 fully saturated rings. The molecule has 3 amide bonds.